The van der Waals surface area contributed by atoms with E-state index in [0.29, 0.717) is 16.3 Å². The normalized spacial score (nSPS) is 12.3. The van der Waals surface area contributed by atoms with Gasteiger partial charge in [-0.05, 0) is 37.6 Å². The molecule has 0 radical (unpaired) electrons. The molecule has 2 heterocycles. The van der Waals surface area contributed by atoms with Crippen LogP contribution in [0.3, 0.4) is 0 Å². The molecule has 1 aromatic carbocycles. The number of aryl methyl sites for hydroxylation is 1. The molecule has 0 saturated carbocycles. The average Bonchev–Trinajstić information content (AvgIpc) is 2.94. The highest BCUT2D eigenvalue weighted by Gasteiger charge is 2.20. The van der Waals surface area contributed by atoms with Crippen LogP contribution in [-0.4, -0.2) is 28.0 Å². The van der Waals surface area contributed by atoms with Gasteiger partial charge in [0.25, 0.3) is 11.6 Å². The third-order valence-electron chi connectivity index (χ3n) is 4.01. The molecule has 1 atom stereocenters. The Morgan fingerprint density at radius 3 is 2.70 bits per heavy atom. The van der Waals surface area contributed by atoms with Crippen LogP contribution in [0.15, 0.2) is 41.1 Å². The number of hydrogen-bond donors (Lipinski definition) is 0. The standard InChI is InChI=1S/C17H16ClN3O2/c1-10-15-8-13(9-19-16(15)23-20-10)17(22)21(3)11(2)12-4-6-14(18)7-5-12/h4-9,11H,1-3H3. The van der Waals surface area contributed by atoms with Crippen LogP contribution in [0.1, 0.15) is 34.6 Å². The third kappa shape index (κ3) is 2.92. The van der Waals surface area contributed by atoms with Crippen LogP contribution in [0.4, 0.5) is 0 Å². The van der Waals surface area contributed by atoms with Crippen LogP contribution in [-0.2, 0) is 0 Å². The molecule has 0 N–H and O–H groups in total. The Bertz CT molecular complexity index is 858. The molecule has 0 fully saturated rings. The van der Waals surface area contributed by atoms with Gasteiger partial charge in [-0.25, -0.2) is 4.98 Å². The molecule has 3 rings (SSSR count). The van der Waals surface area contributed by atoms with Gasteiger partial charge in [0.2, 0.25) is 0 Å². The van der Waals surface area contributed by atoms with Crippen LogP contribution >= 0.6 is 11.6 Å². The monoisotopic (exact) mass is 329 g/mol. The van der Waals surface area contributed by atoms with E-state index in [1.54, 1.807) is 18.0 Å². The lowest BCUT2D eigenvalue weighted by molar-refractivity contribution is 0.0742. The number of hydrogen-bond acceptors (Lipinski definition) is 4. The largest absolute Gasteiger partial charge is 0.336 e. The Kier molecular flexibility index (Phi) is 4.05. The molecular formula is C17H16ClN3O2. The van der Waals surface area contributed by atoms with Gasteiger partial charge in [-0.1, -0.05) is 28.9 Å². The number of halogens is 1. The lowest BCUT2D eigenvalue weighted by Crippen LogP contribution is -2.29. The summed E-state index contributed by atoms with van der Waals surface area (Å²) >= 11 is 5.91. The Balaban J connectivity index is 1.88. The Morgan fingerprint density at radius 2 is 2.00 bits per heavy atom. The topological polar surface area (TPSA) is 59.2 Å². The fourth-order valence-corrected chi connectivity index (χ4v) is 2.53. The second-order valence-corrected chi connectivity index (χ2v) is 5.92. The van der Waals surface area contributed by atoms with Crippen LogP contribution in [0.2, 0.25) is 5.02 Å². The van der Waals surface area contributed by atoms with Crippen molar-refractivity contribution in [3.8, 4) is 0 Å². The fourth-order valence-electron chi connectivity index (χ4n) is 2.41. The number of benzene rings is 1. The van der Waals surface area contributed by atoms with Crippen molar-refractivity contribution in [3.05, 3.63) is 58.4 Å². The van der Waals surface area contributed by atoms with Crippen molar-refractivity contribution < 1.29 is 9.32 Å². The molecule has 5 nitrogen and oxygen atoms in total. The van der Waals surface area contributed by atoms with Crippen molar-refractivity contribution in [2.75, 3.05) is 7.05 Å². The quantitative estimate of drug-likeness (QED) is 0.728. The second kappa shape index (κ2) is 6.01. The van der Waals surface area contributed by atoms with Gasteiger partial charge >= 0.3 is 0 Å². The summed E-state index contributed by atoms with van der Waals surface area (Å²) in [6.07, 6.45) is 1.51. The molecule has 1 unspecified atom stereocenters. The molecule has 0 spiro atoms. The van der Waals surface area contributed by atoms with Gasteiger partial charge in [0, 0.05) is 18.3 Å². The van der Waals surface area contributed by atoms with E-state index in [0.717, 1.165) is 16.6 Å². The van der Waals surface area contributed by atoms with E-state index in [1.165, 1.54) is 6.20 Å². The van der Waals surface area contributed by atoms with Crippen molar-refractivity contribution in [3.63, 3.8) is 0 Å². The Labute approximate surface area is 138 Å². The minimum absolute atomic E-state index is 0.0842. The maximum absolute atomic E-state index is 12.7. The molecule has 6 heteroatoms. The predicted molar refractivity (Wildman–Crippen MR) is 88.5 cm³/mol. The van der Waals surface area contributed by atoms with Crippen LogP contribution in [0.5, 0.6) is 0 Å². The van der Waals surface area contributed by atoms with Crippen molar-refractivity contribution >= 4 is 28.6 Å². The highest BCUT2D eigenvalue weighted by Crippen LogP contribution is 2.23. The summed E-state index contributed by atoms with van der Waals surface area (Å²) in [7, 11) is 1.77. The molecule has 0 aliphatic heterocycles. The van der Waals surface area contributed by atoms with Crippen molar-refractivity contribution in [1.82, 2.24) is 15.0 Å². The summed E-state index contributed by atoms with van der Waals surface area (Å²) in [5, 5.41) is 5.28. The molecule has 2 aromatic heterocycles. The summed E-state index contributed by atoms with van der Waals surface area (Å²) in [6.45, 7) is 3.79. The zero-order chi connectivity index (χ0) is 16.6. The number of fused-ring (bicyclic) bond motifs is 1. The zero-order valence-corrected chi connectivity index (χ0v) is 13.8. The third-order valence-corrected chi connectivity index (χ3v) is 4.26. The molecular weight excluding hydrogens is 314 g/mol. The number of aromatic nitrogens is 2. The van der Waals surface area contributed by atoms with Crippen LogP contribution in [0, 0.1) is 6.92 Å². The van der Waals surface area contributed by atoms with Gasteiger partial charge in [0.1, 0.15) is 0 Å². The van der Waals surface area contributed by atoms with Crippen molar-refractivity contribution in [1.29, 1.82) is 0 Å². The fraction of sp³-hybridized carbons (Fsp3) is 0.235. The molecule has 0 bridgehead atoms. The molecule has 0 saturated heterocycles. The first kappa shape index (κ1) is 15.5. The Morgan fingerprint density at radius 1 is 1.30 bits per heavy atom. The first-order valence-electron chi connectivity index (χ1n) is 7.22. The zero-order valence-electron chi connectivity index (χ0n) is 13.1. The van der Waals surface area contributed by atoms with Crippen molar-refractivity contribution in [2.45, 2.75) is 19.9 Å². The minimum atomic E-state index is -0.109. The number of carbonyl (C=O) groups excluding carboxylic acids is 1. The summed E-state index contributed by atoms with van der Waals surface area (Å²) in [5.74, 6) is -0.109. The number of rotatable bonds is 3. The summed E-state index contributed by atoms with van der Waals surface area (Å²) in [5.41, 5.74) is 2.68. The lowest BCUT2D eigenvalue weighted by Gasteiger charge is -2.25. The molecule has 0 aliphatic rings. The smallest absolute Gasteiger partial charge is 0.257 e. The number of pyridine rings is 1. The number of carbonyl (C=O) groups is 1. The molecule has 23 heavy (non-hydrogen) atoms. The van der Waals surface area contributed by atoms with E-state index in [1.807, 2.05) is 38.1 Å². The SMILES string of the molecule is Cc1noc2ncc(C(=O)N(C)C(C)c3ccc(Cl)cc3)cc12. The van der Waals surface area contributed by atoms with E-state index >= 15 is 0 Å². The molecule has 118 valence electrons. The molecule has 1 amide bonds. The van der Waals surface area contributed by atoms with Gasteiger partial charge in [-0.15, -0.1) is 0 Å². The van der Waals surface area contributed by atoms with Gasteiger partial charge in [0.15, 0.2) is 0 Å². The molecule has 0 aliphatic carbocycles. The Hall–Kier alpha value is -2.40. The van der Waals surface area contributed by atoms with E-state index in [2.05, 4.69) is 10.1 Å². The summed E-state index contributed by atoms with van der Waals surface area (Å²) in [6, 6.07) is 9.16. The average molecular weight is 330 g/mol. The number of amides is 1. The first-order chi connectivity index (χ1) is 11.0. The summed E-state index contributed by atoms with van der Waals surface area (Å²) in [4.78, 5) is 18.5. The molecule has 3 aromatic rings. The van der Waals surface area contributed by atoms with Gasteiger partial charge in [-0.2, -0.15) is 0 Å². The van der Waals surface area contributed by atoms with Gasteiger partial charge in [-0.3, -0.25) is 4.79 Å². The van der Waals surface area contributed by atoms with Crippen LogP contribution in [0.25, 0.3) is 11.1 Å². The van der Waals surface area contributed by atoms with Crippen molar-refractivity contribution in [2.24, 2.45) is 0 Å². The maximum Gasteiger partial charge on any atom is 0.257 e. The predicted octanol–water partition coefficient (Wildman–Crippen LogP) is 4.02. The highest BCUT2D eigenvalue weighted by atomic mass is 35.5. The maximum atomic E-state index is 12.7. The number of nitrogens with zero attached hydrogens (tertiary/aromatic N) is 3. The van der Waals surface area contributed by atoms with E-state index in [4.69, 9.17) is 16.1 Å². The van der Waals surface area contributed by atoms with Gasteiger partial charge < -0.3 is 9.42 Å². The van der Waals surface area contributed by atoms with E-state index in [-0.39, 0.29) is 11.9 Å². The first-order valence-corrected chi connectivity index (χ1v) is 7.60. The van der Waals surface area contributed by atoms with Crippen LogP contribution < -0.4 is 0 Å². The van der Waals surface area contributed by atoms with E-state index < -0.39 is 0 Å². The lowest BCUT2D eigenvalue weighted by atomic mass is 10.1. The minimum Gasteiger partial charge on any atom is -0.336 e. The van der Waals surface area contributed by atoms with E-state index in [9.17, 15) is 4.79 Å². The summed E-state index contributed by atoms with van der Waals surface area (Å²) < 4.78 is 5.07. The highest BCUT2D eigenvalue weighted by molar-refractivity contribution is 6.30. The van der Waals surface area contributed by atoms with Gasteiger partial charge in [0.05, 0.1) is 22.7 Å². The second-order valence-electron chi connectivity index (χ2n) is 5.49.